The molecule has 0 spiro atoms. The van der Waals surface area contributed by atoms with Crippen LogP contribution >= 0.6 is 0 Å². The number of hydrogen-bond acceptors (Lipinski definition) is 8. The number of carbonyl (C=O) groups is 1. The number of amides is 1. The van der Waals surface area contributed by atoms with Gasteiger partial charge in [0.25, 0.3) is 0 Å². The van der Waals surface area contributed by atoms with Gasteiger partial charge in [-0.3, -0.25) is 10.2 Å². The lowest BCUT2D eigenvalue weighted by molar-refractivity contribution is -0.122. The first kappa shape index (κ1) is 16.9. The SMILES string of the molecule is CC(C)NC(=O)C(C)Nc1nc(NN)nc(OC(C)C)n1. The number of hydrazine groups is 1. The van der Waals surface area contributed by atoms with E-state index in [2.05, 4.69) is 31.0 Å². The van der Waals surface area contributed by atoms with E-state index >= 15 is 0 Å². The van der Waals surface area contributed by atoms with E-state index in [1.165, 1.54) is 0 Å². The van der Waals surface area contributed by atoms with Gasteiger partial charge < -0.3 is 15.4 Å². The normalized spacial score (nSPS) is 12.2. The second kappa shape index (κ2) is 7.58. The molecule has 21 heavy (non-hydrogen) atoms. The number of nitrogens with two attached hydrogens (primary N) is 1. The average molecular weight is 297 g/mol. The summed E-state index contributed by atoms with van der Waals surface area (Å²) >= 11 is 0. The van der Waals surface area contributed by atoms with Gasteiger partial charge in [0.1, 0.15) is 6.04 Å². The van der Waals surface area contributed by atoms with Gasteiger partial charge in [-0.2, -0.15) is 15.0 Å². The Morgan fingerprint density at radius 1 is 1.10 bits per heavy atom. The molecule has 1 amide bonds. The van der Waals surface area contributed by atoms with Crippen molar-refractivity contribution in [1.82, 2.24) is 20.3 Å². The Balaban J connectivity index is 2.84. The molecule has 0 bridgehead atoms. The van der Waals surface area contributed by atoms with Gasteiger partial charge in [-0.1, -0.05) is 0 Å². The summed E-state index contributed by atoms with van der Waals surface area (Å²) in [6.07, 6.45) is -0.0902. The third kappa shape index (κ3) is 5.78. The maximum absolute atomic E-state index is 11.9. The topological polar surface area (TPSA) is 127 Å². The van der Waals surface area contributed by atoms with Gasteiger partial charge in [0, 0.05) is 6.04 Å². The zero-order valence-corrected chi connectivity index (χ0v) is 13.0. The Morgan fingerprint density at radius 3 is 2.24 bits per heavy atom. The second-order valence-electron chi connectivity index (χ2n) is 5.11. The summed E-state index contributed by atoms with van der Waals surface area (Å²) in [4.78, 5) is 24.0. The van der Waals surface area contributed by atoms with E-state index in [1.807, 2.05) is 27.7 Å². The van der Waals surface area contributed by atoms with E-state index in [1.54, 1.807) is 6.92 Å². The molecule has 1 aromatic heterocycles. The van der Waals surface area contributed by atoms with E-state index in [0.717, 1.165) is 0 Å². The zero-order valence-electron chi connectivity index (χ0n) is 13.0. The molecule has 5 N–H and O–H groups in total. The van der Waals surface area contributed by atoms with Gasteiger partial charge in [0.15, 0.2) is 0 Å². The molecule has 0 aliphatic heterocycles. The Kier molecular flexibility index (Phi) is 6.10. The van der Waals surface area contributed by atoms with E-state index < -0.39 is 6.04 Å². The molecule has 0 aliphatic carbocycles. The van der Waals surface area contributed by atoms with Crippen molar-refractivity contribution >= 4 is 17.8 Å². The molecule has 0 saturated heterocycles. The summed E-state index contributed by atoms with van der Waals surface area (Å²) in [6.45, 7) is 9.19. The van der Waals surface area contributed by atoms with E-state index in [9.17, 15) is 4.79 Å². The second-order valence-corrected chi connectivity index (χ2v) is 5.11. The first-order valence-corrected chi connectivity index (χ1v) is 6.78. The van der Waals surface area contributed by atoms with Gasteiger partial charge in [-0.05, 0) is 34.6 Å². The minimum atomic E-state index is -0.507. The van der Waals surface area contributed by atoms with Crippen LogP contribution in [0.5, 0.6) is 6.01 Å². The summed E-state index contributed by atoms with van der Waals surface area (Å²) in [5.41, 5.74) is 2.33. The fraction of sp³-hybridized carbons (Fsp3) is 0.667. The van der Waals surface area contributed by atoms with Crippen LogP contribution in [0.25, 0.3) is 0 Å². The van der Waals surface area contributed by atoms with Crippen LogP contribution < -0.4 is 26.6 Å². The maximum Gasteiger partial charge on any atom is 0.323 e. The molecule has 0 saturated carbocycles. The molecule has 0 aromatic carbocycles. The summed E-state index contributed by atoms with van der Waals surface area (Å²) in [6, 6.07) is -0.319. The number of hydrogen-bond donors (Lipinski definition) is 4. The van der Waals surface area contributed by atoms with Gasteiger partial charge in [-0.15, -0.1) is 0 Å². The lowest BCUT2D eigenvalue weighted by Crippen LogP contribution is -2.41. The molecule has 1 unspecified atom stereocenters. The van der Waals surface area contributed by atoms with Crippen molar-refractivity contribution in [3.8, 4) is 6.01 Å². The number of nitrogens with one attached hydrogen (secondary N) is 3. The predicted octanol–water partition coefficient (Wildman–Crippen LogP) is 0.269. The first-order valence-electron chi connectivity index (χ1n) is 6.78. The Bertz CT molecular complexity index is 479. The maximum atomic E-state index is 11.9. The van der Waals surface area contributed by atoms with Crippen molar-refractivity contribution in [2.75, 3.05) is 10.7 Å². The van der Waals surface area contributed by atoms with E-state index in [-0.39, 0.29) is 36.0 Å². The standard InChI is InChI=1S/C12H23N7O2/c1-6(2)14-9(20)8(5)15-10-16-11(19-13)18-12(17-10)21-7(3)4/h6-8H,13H2,1-5H3,(H,14,20)(H2,15,16,17,18,19). The zero-order chi connectivity index (χ0) is 16.0. The molecule has 1 rings (SSSR count). The first-order chi connectivity index (χ1) is 9.81. The van der Waals surface area contributed by atoms with Gasteiger partial charge >= 0.3 is 6.01 Å². The summed E-state index contributed by atoms with van der Waals surface area (Å²) in [5, 5.41) is 5.68. The highest BCUT2D eigenvalue weighted by molar-refractivity contribution is 5.83. The number of nitrogen functional groups attached to an aromatic ring is 1. The average Bonchev–Trinajstić information content (AvgIpc) is 2.36. The number of carbonyl (C=O) groups excluding carboxylic acids is 1. The van der Waals surface area contributed by atoms with E-state index in [4.69, 9.17) is 10.6 Å². The molecular formula is C12H23N7O2. The number of ether oxygens (including phenoxy) is 1. The van der Waals surface area contributed by atoms with Crippen LogP contribution in [0.15, 0.2) is 0 Å². The molecule has 1 aromatic rings. The Hall–Kier alpha value is -2.16. The molecule has 0 aliphatic rings. The molecule has 0 radical (unpaired) electrons. The number of aromatic nitrogens is 3. The Morgan fingerprint density at radius 2 is 1.71 bits per heavy atom. The van der Waals surface area contributed by atoms with Crippen LogP contribution in [-0.2, 0) is 4.79 Å². The van der Waals surface area contributed by atoms with Gasteiger partial charge in [-0.25, -0.2) is 5.84 Å². The minimum Gasteiger partial charge on any atom is -0.461 e. The highest BCUT2D eigenvalue weighted by atomic mass is 16.5. The summed E-state index contributed by atoms with van der Waals surface area (Å²) in [5.74, 6) is 5.52. The van der Waals surface area contributed by atoms with Crippen LogP contribution in [0.3, 0.4) is 0 Å². The van der Waals surface area contributed by atoms with Crippen molar-refractivity contribution in [2.24, 2.45) is 5.84 Å². The van der Waals surface area contributed by atoms with Crippen molar-refractivity contribution in [1.29, 1.82) is 0 Å². The summed E-state index contributed by atoms with van der Waals surface area (Å²) in [7, 11) is 0. The fourth-order valence-corrected chi connectivity index (χ4v) is 1.42. The number of anilines is 2. The molecule has 1 heterocycles. The van der Waals surface area contributed by atoms with Crippen LogP contribution in [0.2, 0.25) is 0 Å². The molecular weight excluding hydrogens is 274 g/mol. The minimum absolute atomic E-state index is 0.0567. The third-order valence-corrected chi connectivity index (χ3v) is 2.25. The molecule has 9 nitrogen and oxygen atoms in total. The third-order valence-electron chi connectivity index (χ3n) is 2.25. The smallest absolute Gasteiger partial charge is 0.323 e. The highest BCUT2D eigenvalue weighted by Gasteiger charge is 2.16. The Labute approximate surface area is 124 Å². The molecule has 9 heteroatoms. The molecule has 1 atom stereocenters. The lowest BCUT2D eigenvalue weighted by Gasteiger charge is -2.16. The van der Waals surface area contributed by atoms with Crippen molar-refractivity contribution in [2.45, 2.75) is 52.8 Å². The fourth-order valence-electron chi connectivity index (χ4n) is 1.42. The molecule has 0 fully saturated rings. The van der Waals surface area contributed by atoms with Crippen LogP contribution in [0.1, 0.15) is 34.6 Å². The van der Waals surface area contributed by atoms with Crippen molar-refractivity contribution < 1.29 is 9.53 Å². The van der Waals surface area contributed by atoms with Crippen molar-refractivity contribution in [3.63, 3.8) is 0 Å². The number of rotatable bonds is 7. The van der Waals surface area contributed by atoms with Crippen LogP contribution in [-0.4, -0.2) is 39.0 Å². The quantitative estimate of drug-likeness (QED) is 0.417. The highest BCUT2D eigenvalue weighted by Crippen LogP contribution is 2.12. The largest absolute Gasteiger partial charge is 0.461 e. The van der Waals surface area contributed by atoms with Gasteiger partial charge in [0.05, 0.1) is 6.10 Å². The van der Waals surface area contributed by atoms with E-state index in [0.29, 0.717) is 0 Å². The number of nitrogens with zero attached hydrogens (tertiary/aromatic N) is 3. The predicted molar refractivity (Wildman–Crippen MR) is 79.8 cm³/mol. The van der Waals surface area contributed by atoms with Crippen LogP contribution in [0, 0.1) is 0 Å². The monoisotopic (exact) mass is 297 g/mol. The lowest BCUT2D eigenvalue weighted by atomic mass is 10.3. The summed E-state index contributed by atoms with van der Waals surface area (Å²) < 4.78 is 5.41. The van der Waals surface area contributed by atoms with Crippen LogP contribution in [0.4, 0.5) is 11.9 Å². The van der Waals surface area contributed by atoms with Crippen molar-refractivity contribution in [3.05, 3.63) is 0 Å². The van der Waals surface area contributed by atoms with Gasteiger partial charge in [0.2, 0.25) is 17.8 Å². The molecule has 118 valence electrons.